The zero-order valence-corrected chi connectivity index (χ0v) is 12.9. The minimum absolute atomic E-state index is 0.0305. The van der Waals surface area contributed by atoms with Gasteiger partial charge in [0.05, 0.1) is 12.0 Å². The number of carbonyl (C=O) groups excluding carboxylic acids is 1. The van der Waals surface area contributed by atoms with Gasteiger partial charge in [0.2, 0.25) is 0 Å². The largest absolute Gasteiger partial charge is 0.482 e. The minimum Gasteiger partial charge on any atom is -0.482 e. The summed E-state index contributed by atoms with van der Waals surface area (Å²) in [4.78, 5) is 15.7. The average Bonchev–Trinajstić information content (AvgIpc) is 3.00. The number of hydrogen-bond acceptors (Lipinski definition) is 3. The van der Waals surface area contributed by atoms with E-state index >= 15 is 0 Å². The number of halogens is 3. The van der Waals surface area contributed by atoms with Crippen molar-refractivity contribution >= 4 is 11.7 Å². The molecule has 0 fully saturated rings. The van der Waals surface area contributed by atoms with E-state index in [1.165, 1.54) is 12.1 Å². The Morgan fingerprint density at radius 3 is 2.83 bits per heavy atom. The van der Waals surface area contributed by atoms with Crippen molar-refractivity contribution in [1.82, 2.24) is 14.9 Å². The second-order valence-corrected chi connectivity index (χ2v) is 5.08. The van der Waals surface area contributed by atoms with Crippen LogP contribution in [-0.4, -0.2) is 34.9 Å². The van der Waals surface area contributed by atoms with Gasteiger partial charge in [-0.2, -0.15) is 13.2 Å². The predicted molar refractivity (Wildman–Crippen MR) is 82.0 cm³/mol. The number of rotatable bonds is 6. The standard InChI is InChI=1S/C15H17F3N4O2/c1-11-2-3-12(13(8-11)24-9-15(16,17)18)21-14(23)20-5-7-22-6-4-19-10-22/h2-4,6,8,10H,5,7,9H2,1H3,(H2,20,21,23). The van der Waals surface area contributed by atoms with E-state index in [1.54, 1.807) is 36.3 Å². The van der Waals surface area contributed by atoms with Crippen molar-refractivity contribution in [1.29, 1.82) is 0 Å². The van der Waals surface area contributed by atoms with Crippen molar-refractivity contribution in [2.75, 3.05) is 18.5 Å². The van der Waals surface area contributed by atoms with E-state index in [2.05, 4.69) is 15.6 Å². The van der Waals surface area contributed by atoms with Gasteiger partial charge in [0.25, 0.3) is 0 Å². The van der Waals surface area contributed by atoms with Gasteiger partial charge in [0.1, 0.15) is 5.75 Å². The van der Waals surface area contributed by atoms with E-state index in [1.807, 2.05) is 0 Å². The summed E-state index contributed by atoms with van der Waals surface area (Å²) in [7, 11) is 0. The SMILES string of the molecule is Cc1ccc(NC(=O)NCCn2ccnc2)c(OCC(F)(F)F)c1. The first-order chi connectivity index (χ1) is 11.3. The van der Waals surface area contributed by atoms with Crippen molar-refractivity contribution in [2.45, 2.75) is 19.6 Å². The lowest BCUT2D eigenvalue weighted by Crippen LogP contribution is -2.31. The predicted octanol–water partition coefficient (Wildman–Crippen LogP) is 2.95. The molecule has 0 aliphatic heterocycles. The van der Waals surface area contributed by atoms with Crippen LogP contribution in [0, 0.1) is 6.92 Å². The molecule has 24 heavy (non-hydrogen) atoms. The Labute approximate surface area is 136 Å². The third-order valence-corrected chi connectivity index (χ3v) is 2.99. The first-order valence-corrected chi connectivity index (χ1v) is 7.14. The fourth-order valence-electron chi connectivity index (χ4n) is 1.90. The molecule has 0 unspecified atom stereocenters. The Morgan fingerprint density at radius 2 is 2.17 bits per heavy atom. The number of benzene rings is 1. The van der Waals surface area contributed by atoms with Crippen LogP contribution in [0.3, 0.4) is 0 Å². The number of nitrogens with zero attached hydrogens (tertiary/aromatic N) is 2. The summed E-state index contributed by atoms with van der Waals surface area (Å²) in [5, 5.41) is 5.09. The highest BCUT2D eigenvalue weighted by molar-refractivity contribution is 5.90. The highest BCUT2D eigenvalue weighted by Crippen LogP contribution is 2.27. The Bertz CT molecular complexity index is 672. The molecule has 2 N–H and O–H groups in total. The van der Waals surface area contributed by atoms with Gasteiger partial charge in [-0.05, 0) is 24.6 Å². The topological polar surface area (TPSA) is 68.2 Å². The fourth-order valence-corrected chi connectivity index (χ4v) is 1.90. The molecule has 1 aromatic carbocycles. The number of ether oxygens (including phenoxy) is 1. The molecule has 2 rings (SSSR count). The number of urea groups is 1. The summed E-state index contributed by atoms with van der Waals surface area (Å²) < 4.78 is 43.5. The average molecular weight is 342 g/mol. The van der Waals surface area contributed by atoms with Gasteiger partial charge in [0.15, 0.2) is 6.61 Å². The van der Waals surface area contributed by atoms with Crippen LogP contribution in [0.4, 0.5) is 23.7 Å². The van der Waals surface area contributed by atoms with Crippen molar-refractivity contribution in [3.63, 3.8) is 0 Å². The van der Waals surface area contributed by atoms with E-state index in [4.69, 9.17) is 4.74 Å². The van der Waals surface area contributed by atoms with Gasteiger partial charge in [-0.1, -0.05) is 6.07 Å². The maximum absolute atomic E-state index is 12.3. The summed E-state index contributed by atoms with van der Waals surface area (Å²) in [5.41, 5.74) is 0.892. The van der Waals surface area contributed by atoms with E-state index < -0.39 is 18.8 Å². The normalized spacial score (nSPS) is 11.2. The lowest BCUT2D eigenvalue weighted by atomic mass is 10.2. The smallest absolute Gasteiger partial charge is 0.422 e. The van der Waals surface area contributed by atoms with Crippen molar-refractivity contribution < 1.29 is 22.7 Å². The molecule has 0 aliphatic rings. The molecule has 130 valence electrons. The highest BCUT2D eigenvalue weighted by atomic mass is 19.4. The van der Waals surface area contributed by atoms with Crippen LogP contribution in [0.5, 0.6) is 5.75 Å². The first kappa shape index (κ1) is 17.6. The Kier molecular flexibility index (Phi) is 5.67. The summed E-state index contributed by atoms with van der Waals surface area (Å²) in [6.07, 6.45) is 0.538. The van der Waals surface area contributed by atoms with Gasteiger partial charge in [-0.3, -0.25) is 0 Å². The summed E-state index contributed by atoms with van der Waals surface area (Å²) in [6, 6.07) is 4.07. The van der Waals surface area contributed by atoms with Gasteiger partial charge >= 0.3 is 12.2 Å². The summed E-state index contributed by atoms with van der Waals surface area (Å²) in [5.74, 6) is -0.0305. The van der Waals surface area contributed by atoms with Crippen LogP contribution in [0.25, 0.3) is 0 Å². The molecule has 1 heterocycles. The molecule has 0 atom stereocenters. The Morgan fingerprint density at radius 1 is 1.38 bits per heavy atom. The fraction of sp³-hybridized carbons (Fsp3) is 0.333. The number of hydrogen-bond donors (Lipinski definition) is 2. The number of nitrogens with one attached hydrogen (secondary N) is 2. The van der Waals surface area contributed by atoms with E-state index in [0.717, 1.165) is 5.56 Å². The number of aryl methyl sites for hydroxylation is 1. The third kappa shape index (κ3) is 5.82. The molecular weight excluding hydrogens is 325 g/mol. The lowest BCUT2D eigenvalue weighted by molar-refractivity contribution is -0.153. The van der Waals surface area contributed by atoms with Gasteiger partial charge in [-0.15, -0.1) is 0 Å². The number of aromatic nitrogens is 2. The maximum Gasteiger partial charge on any atom is 0.422 e. The minimum atomic E-state index is -4.45. The van der Waals surface area contributed by atoms with Crippen LogP contribution in [0.15, 0.2) is 36.9 Å². The Balaban J connectivity index is 1.91. The van der Waals surface area contributed by atoms with Crippen LogP contribution in [-0.2, 0) is 6.54 Å². The van der Waals surface area contributed by atoms with E-state index in [9.17, 15) is 18.0 Å². The number of alkyl halides is 3. The van der Waals surface area contributed by atoms with Gasteiger partial charge in [-0.25, -0.2) is 9.78 Å². The number of imidazole rings is 1. The first-order valence-electron chi connectivity index (χ1n) is 7.14. The van der Waals surface area contributed by atoms with Crippen molar-refractivity contribution in [3.8, 4) is 5.75 Å². The van der Waals surface area contributed by atoms with Gasteiger partial charge < -0.3 is 19.9 Å². The molecule has 6 nitrogen and oxygen atoms in total. The zero-order valence-electron chi connectivity index (χ0n) is 12.9. The van der Waals surface area contributed by atoms with Crippen LogP contribution in [0.1, 0.15) is 5.56 Å². The third-order valence-electron chi connectivity index (χ3n) is 2.99. The highest BCUT2D eigenvalue weighted by Gasteiger charge is 2.29. The number of amides is 2. The molecule has 0 spiro atoms. The maximum atomic E-state index is 12.3. The Hall–Kier alpha value is -2.71. The van der Waals surface area contributed by atoms with Crippen LogP contribution < -0.4 is 15.4 Å². The second-order valence-electron chi connectivity index (χ2n) is 5.08. The van der Waals surface area contributed by atoms with E-state index in [-0.39, 0.29) is 11.4 Å². The zero-order chi connectivity index (χ0) is 17.6. The molecule has 9 heteroatoms. The molecular formula is C15H17F3N4O2. The summed E-state index contributed by atoms with van der Waals surface area (Å²) in [6.45, 7) is 1.16. The van der Waals surface area contributed by atoms with Crippen molar-refractivity contribution in [3.05, 3.63) is 42.5 Å². The van der Waals surface area contributed by atoms with Crippen LogP contribution >= 0.6 is 0 Å². The van der Waals surface area contributed by atoms with Crippen molar-refractivity contribution in [2.24, 2.45) is 0 Å². The summed E-state index contributed by atoms with van der Waals surface area (Å²) >= 11 is 0. The lowest BCUT2D eigenvalue weighted by Gasteiger charge is -2.15. The molecule has 1 aromatic heterocycles. The molecule has 2 aromatic rings. The van der Waals surface area contributed by atoms with Gasteiger partial charge in [0, 0.05) is 25.5 Å². The molecule has 0 saturated carbocycles. The second kappa shape index (κ2) is 7.71. The molecule has 0 bridgehead atoms. The van der Waals surface area contributed by atoms with Crippen LogP contribution in [0.2, 0.25) is 0 Å². The van der Waals surface area contributed by atoms with E-state index in [0.29, 0.717) is 13.1 Å². The monoisotopic (exact) mass is 342 g/mol. The molecule has 0 aliphatic carbocycles. The number of carbonyl (C=O) groups is 1. The quantitative estimate of drug-likeness (QED) is 0.848. The molecule has 2 amide bonds. The molecule has 0 radical (unpaired) electrons. The number of anilines is 1. The molecule has 0 saturated heterocycles.